The van der Waals surface area contributed by atoms with E-state index in [0.717, 1.165) is 0 Å². The van der Waals surface area contributed by atoms with Crippen molar-refractivity contribution in [2.24, 2.45) is 0 Å². The number of amides is 1. The minimum atomic E-state index is -4.70. The summed E-state index contributed by atoms with van der Waals surface area (Å²) in [5.74, 6) is -1.22. The summed E-state index contributed by atoms with van der Waals surface area (Å²) in [6.45, 7) is 6.62. The quantitative estimate of drug-likeness (QED) is 0.817. The summed E-state index contributed by atoms with van der Waals surface area (Å²) < 4.78 is 47.1. The molecule has 2 aromatic heterocycles. The van der Waals surface area contributed by atoms with E-state index in [2.05, 4.69) is 29.9 Å². The van der Waals surface area contributed by atoms with Gasteiger partial charge in [-0.15, -0.1) is 0 Å². The summed E-state index contributed by atoms with van der Waals surface area (Å²) in [7, 11) is 0. The molecule has 0 bridgehead atoms. The number of alkyl halides is 3. The van der Waals surface area contributed by atoms with Crippen LogP contribution in [0.1, 0.15) is 39.5 Å². The van der Waals surface area contributed by atoms with Gasteiger partial charge in [0.15, 0.2) is 0 Å². The highest BCUT2D eigenvalue weighted by molar-refractivity contribution is 5.68. The van der Waals surface area contributed by atoms with Crippen molar-refractivity contribution >= 4 is 12.0 Å². The Labute approximate surface area is 164 Å². The average molecular weight is 414 g/mol. The third kappa shape index (κ3) is 5.55. The van der Waals surface area contributed by atoms with E-state index >= 15 is 0 Å². The Bertz CT molecular complexity index is 839. The van der Waals surface area contributed by atoms with Gasteiger partial charge in [-0.1, -0.05) is 5.16 Å². The molecule has 1 N–H and O–H groups in total. The molecule has 0 atom stereocenters. The molecule has 0 aromatic carbocycles. The highest BCUT2D eigenvalue weighted by atomic mass is 19.4. The minimum Gasteiger partial charge on any atom is -0.444 e. The molecule has 0 aliphatic carbocycles. The number of halogens is 3. The zero-order chi connectivity index (χ0) is 21.2. The molecule has 29 heavy (non-hydrogen) atoms. The van der Waals surface area contributed by atoms with Gasteiger partial charge in [-0.25, -0.2) is 14.8 Å². The Hall–Kier alpha value is -2.92. The van der Waals surface area contributed by atoms with Crippen LogP contribution in [0.4, 0.5) is 23.9 Å². The molecule has 1 aliphatic heterocycles. The van der Waals surface area contributed by atoms with Gasteiger partial charge in [0.25, 0.3) is 0 Å². The zero-order valence-corrected chi connectivity index (χ0v) is 16.2. The van der Waals surface area contributed by atoms with Crippen LogP contribution in [-0.4, -0.2) is 50.9 Å². The standard InChI is InChI=1S/C17H21F3N6O3/c1-16(2,3)28-15(27)23-11-4-6-26(7-5-11)14-21-8-10(9-22-14)12-24-13(29-25-12)17(18,19)20/h8-9,11H,4-7H2,1-3H3,(H,23,27). The third-order valence-corrected chi connectivity index (χ3v) is 4.06. The summed E-state index contributed by atoms with van der Waals surface area (Å²) in [6.07, 6.45) is -1.09. The molecule has 158 valence electrons. The van der Waals surface area contributed by atoms with E-state index in [4.69, 9.17) is 4.74 Å². The fourth-order valence-corrected chi connectivity index (χ4v) is 2.75. The first kappa shape index (κ1) is 20.8. The van der Waals surface area contributed by atoms with Crippen LogP contribution >= 0.6 is 0 Å². The molecule has 0 radical (unpaired) electrons. The van der Waals surface area contributed by atoms with Crippen molar-refractivity contribution in [1.82, 2.24) is 25.4 Å². The highest BCUT2D eigenvalue weighted by Gasteiger charge is 2.38. The Kier molecular flexibility index (Phi) is 5.62. The van der Waals surface area contributed by atoms with E-state index in [1.165, 1.54) is 12.4 Å². The van der Waals surface area contributed by atoms with E-state index in [1.807, 2.05) is 4.90 Å². The second kappa shape index (κ2) is 7.84. The number of carbonyl (C=O) groups is 1. The van der Waals surface area contributed by atoms with Gasteiger partial charge in [0.05, 0.1) is 5.56 Å². The lowest BCUT2D eigenvalue weighted by Crippen LogP contribution is -2.46. The lowest BCUT2D eigenvalue weighted by atomic mass is 10.1. The molecule has 0 unspecified atom stereocenters. The Morgan fingerprint density at radius 1 is 1.21 bits per heavy atom. The first-order valence-corrected chi connectivity index (χ1v) is 8.99. The normalized spacial score (nSPS) is 16.0. The zero-order valence-electron chi connectivity index (χ0n) is 16.2. The van der Waals surface area contributed by atoms with Crippen molar-refractivity contribution in [1.29, 1.82) is 0 Å². The number of nitrogens with zero attached hydrogens (tertiary/aromatic N) is 5. The highest BCUT2D eigenvalue weighted by Crippen LogP contribution is 2.29. The van der Waals surface area contributed by atoms with Crippen LogP contribution in [0.15, 0.2) is 16.9 Å². The van der Waals surface area contributed by atoms with Crippen molar-refractivity contribution in [2.45, 2.75) is 51.4 Å². The van der Waals surface area contributed by atoms with Crippen molar-refractivity contribution in [3.63, 3.8) is 0 Å². The number of hydrogen-bond donors (Lipinski definition) is 1. The monoisotopic (exact) mass is 414 g/mol. The topological polar surface area (TPSA) is 106 Å². The van der Waals surface area contributed by atoms with Crippen LogP contribution < -0.4 is 10.2 Å². The lowest BCUT2D eigenvalue weighted by Gasteiger charge is -2.32. The number of rotatable bonds is 3. The number of hydrogen-bond acceptors (Lipinski definition) is 8. The number of carbonyl (C=O) groups excluding carboxylic acids is 1. The first-order valence-electron chi connectivity index (χ1n) is 8.99. The van der Waals surface area contributed by atoms with Crippen molar-refractivity contribution < 1.29 is 27.2 Å². The van der Waals surface area contributed by atoms with Crippen LogP contribution in [0.3, 0.4) is 0 Å². The molecular weight excluding hydrogens is 393 g/mol. The largest absolute Gasteiger partial charge is 0.471 e. The predicted octanol–water partition coefficient (Wildman–Crippen LogP) is 3.04. The van der Waals surface area contributed by atoms with Crippen LogP contribution in [0, 0.1) is 0 Å². The number of nitrogens with one attached hydrogen (secondary N) is 1. The average Bonchev–Trinajstić information content (AvgIpc) is 3.11. The van der Waals surface area contributed by atoms with Gasteiger partial charge in [0, 0.05) is 31.5 Å². The molecule has 3 rings (SSSR count). The second-order valence-electron chi connectivity index (χ2n) is 7.60. The maximum atomic E-state index is 12.5. The maximum absolute atomic E-state index is 12.5. The van der Waals surface area contributed by atoms with E-state index in [9.17, 15) is 18.0 Å². The Morgan fingerprint density at radius 3 is 2.34 bits per heavy atom. The molecule has 3 heterocycles. The van der Waals surface area contributed by atoms with Gasteiger partial charge >= 0.3 is 18.2 Å². The molecule has 1 saturated heterocycles. The van der Waals surface area contributed by atoms with Gasteiger partial charge in [-0.3, -0.25) is 0 Å². The van der Waals surface area contributed by atoms with E-state index in [-0.39, 0.29) is 17.4 Å². The van der Waals surface area contributed by atoms with Gasteiger partial charge in [-0.05, 0) is 33.6 Å². The number of piperidine rings is 1. The summed E-state index contributed by atoms with van der Waals surface area (Å²) in [6, 6.07) is -0.0134. The lowest BCUT2D eigenvalue weighted by molar-refractivity contribution is -0.159. The molecule has 9 nitrogen and oxygen atoms in total. The van der Waals surface area contributed by atoms with Crippen molar-refractivity contribution in [3.05, 3.63) is 18.3 Å². The molecule has 1 aliphatic rings. The van der Waals surface area contributed by atoms with Gasteiger partial charge in [0.2, 0.25) is 11.8 Å². The predicted molar refractivity (Wildman–Crippen MR) is 94.9 cm³/mol. The van der Waals surface area contributed by atoms with Gasteiger partial charge in [-0.2, -0.15) is 18.2 Å². The first-order chi connectivity index (χ1) is 13.5. The van der Waals surface area contributed by atoms with Crippen LogP contribution in [0.5, 0.6) is 0 Å². The summed E-state index contributed by atoms with van der Waals surface area (Å²) >= 11 is 0. The van der Waals surface area contributed by atoms with E-state index in [0.29, 0.717) is 31.9 Å². The molecule has 0 saturated carbocycles. The molecule has 0 spiro atoms. The van der Waals surface area contributed by atoms with Gasteiger partial charge < -0.3 is 19.5 Å². The van der Waals surface area contributed by atoms with Crippen LogP contribution in [-0.2, 0) is 10.9 Å². The van der Waals surface area contributed by atoms with Crippen LogP contribution in [0.25, 0.3) is 11.4 Å². The molecule has 1 fully saturated rings. The Balaban J connectivity index is 1.55. The number of aromatic nitrogens is 4. The second-order valence-corrected chi connectivity index (χ2v) is 7.60. The number of anilines is 1. The number of ether oxygens (including phenoxy) is 1. The molecular formula is C17H21F3N6O3. The molecule has 1 amide bonds. The SMILES string of the molecule is CC(C)(C)OC(=O)NC1CCN(c2ncc(-c3noc(C(F)(F)F)n3)cn2)CC1. The van der Waals surface area contributed by atoms with E-state index in [1.54, 1.807) is 20.8 Å². The number of alkyl carbamates (subject to hydrolysis) is 1. The smallest absolute Gasteiger partial charge is 0.444 e. The summed E-state index contributed by atoms with van der Waals surface area (Å²) in [5.41, 5.74) is -0.339. The van der Waals surface area contributed by atoms with Crippen molar-refractivity contribution in [2.75, 3.05) is 18.0 Å². The fourth-order valence-electron chi connectivity index (χ4n) is 2.75. The molecule has 12 heteroatoms. The van der Waals surface area contributed by atoms with Crippen LogP contribution in [0.2, 0.25) is 0 Å². The Morgan fingerprint density at radius 2 is 1.83 bits per heavy atom. The summed E-state index contributed by atoms with van der Waals surface area (Å²) in [5, 5.41) is 6.15. The summed E-state index contributed by atoms with van der Waals surface area (Å²) in [4.78, 5) is 25.5. The minimum absolute atomic E-state index is 0.0134. The maximum Gasteiger partial charge on any atom is 0.471 e. The van der Waals surface area contributed by atoms with Crippen molar-refractivity contribution in [3.8, 4) is 11.4 Å². The van der Waals surface area contributed by atoms with E-state index < -0.39 is 23.8 Å². The third-order valence-electron chi connectivity index (χ3n) is 4.06. The van der Waals surface area contributed by atoms with Gasteiger partial charge in [0.1, 0.15) is 5.60 Å². The molecule has 2 aromatic rings. The fraction of sp³-hybridized carbons (Fsp3) is 0.588.